The Bertz CT molecular complexity index is 975. The predicted octanol–water partition coefficient (Wildman–Crippen LogP) is 2.38. The number of carbonyl (C=O) groups is 1. The van der Waals surface area contributed by atoms with Gasteiger partial charge in [0.05, 0.1) is 0 Å². The molecule has 6 nitrogen and oxygen atoms in total. The minimum absolute atomic E-state index is 0.121. The Morgan fingerprint density at radius 2 is 1.92 bits per heavy atom. The van der Waals surface area contributed by atoms with Crippen LogP contribution in [-0.4, -0.2) is 27.0 Å². The number of fused-ring (bicyclic) bond motifs is 1. The molecule has 0 aliphatic rings. The second-order valence-corrected chi connectivity index (χ2v) is 6.35. The number of aromatic nitrogens is 3. The Labute approximate surface area is 145 Å². The van der Waals surface area contributed by atoms with E-state index in [4.69, 9.17) is 0 Å². The van der Waals surface area contributed by atoms with Gasteiger partial charge in [-0.05, 0) is 30.2 Å². The van der Waals surface area contributed by atoms with Gasteiger partial charge in [0.1, 0.15) is 11.2 Å². The van der Waals surface area contributed by atoms with Crippen LogP contribution in [0.15, 0.2) is 47.4 Å². The second-order valence-electron chi connectivity index (χ2n) is 6.35. The molecule has 1 N–H and O–H groups in total. The lowest BCUT2D eigenvalue weighted by Gasteiger charge is -2.09. The molecular formula is C19H20N4O2. The van der Waals surface area contributed by atoms with E-state index in [9.17, 15) is 9.59 Å². The van der Waals surface area contributed by atoms with E-state index in [1.807, 2.05) is 19.9 Å². The fourth-order valence-electron chi connectivity index (χ4n) is 2.52. The molecule has 0 spiro atoms. The molecule has 0 unspecified atom stereocenters. The average Bonchev–Trinajstić information content (AvgIpc) is 2.63. The number of rotatable bonds is 4. The minimum Gasteiger partial charge on any atom is -0.352 e. The van der Waals surface area contributed by atoms with E-state index in [0.717, 1.165) is 0 Å². The van der Waals surface area contributed by atoms with Crippen LogP contribution >= 0.6 is 0 Å². The number of benzene rings is 1. The van der Waals surface area contributed by atoms with Crippen LogP contribution in [0.1, 0.15) is 24.2 Å². The van der Waals surface area contributed by atoms with E-state index in [0.29, 0.717) is 40.4 Å². The van der Waals surface area contributed by atoms with Crippen LogP contribution in [0.25, 0.3) is 22.4 Å². The maximum absolute atomic E-state index is 12.6. The number of amides is 1. The molecule has 0 saturated heterocycles. The van der Waals surface area contributed by atoms with Gasteiger partial charge in [-0.15, -0.1) is 0 Å². The van der Waals surface area contributed by atoms with E-state index in [-0.39, 0.29) is 11.5 Å². The van der Waals surface area contributed by atoms with Crippen LogP contribution in [0.2, 0.25) is 0 Å². The SMILES string of the molecule is CC(C)CNC(=O)c1ccc(-c2nc3cccnc3n(C)c2=O)cc1. The summed E-state index contributed by atoms with van der Waals surface area (Å²) in [5.41, 5.74) is 2.55. The van der Waals surface area contributed by atoms with Gasteiger partial charge in [0.15, 0.2) is 5.65 Å². The second kappa shape index (κ2) is 6.84. The standard InChI is InChI=1S/C19H20N4O2/c1-12(2)11-21-18(24)14-8-6-13(7-9-14)16-19(25)23(3)17-15(22-16)5-4-10-20-17/h4-10,12H,11H2,1-3H3,(H,21,24). The summed E-state index contributed by atoms with van der Waals surface area (Å²) in [7, 11) is 1.68. The summed E-state index contributed by atoms with van der Waals surface area (Å²) in [5, 5.41) is 2.87. The Morgan fingerprint density at radius 1 is 1.20 bits per heavy atom. The Morgan fingerprint density at radius 3 is 2.60 bits per heavy atom. The van der Waals surface area contributed by atoms with Crippen LogP contribution in [0, 0.1) is 5.92 Å². The highest BCUT2D eigenvalue weighted by Gasteiger charge is 2.12. The number of carbonyl (C=O) groups excluding carboxylic acids is 1. The molecule has 25 heavy (non-hydrogen) atoms. The molecular weight excluding hydrogens is 316 g/mol. The predicted molar refractivity (Wildman–Crippen MR) is 97.4 cm³/mol. The van der Waals surface area contributed by atoms with Crippen LogP contribution < -0.4 is 10.9 Å². The first-order valence-corrected chi connectivity index (χ1v) is 8.17. The lowest BCUT2D eigenvalue weighted by Crippen LogP contribution is -2.27. The summed E-state index contributed by atoms with van der Waals surface area (Å²) in [5.74, 6) is 0.269. The van der Waals surface area contributed by atoms with Crippen molar-refractivity contribution in [3.8, 4) is 11.3 Å². The van der Waals surface area contributed by atoms with Gasteiger partial charge in [-0.3, -0.25) is 14.2 Å². The minimum atomic E-state index is -0.219. The van der Waals surface area contributed by atoms with Gasteiger partial charge >= 0.3 is 0 Å². The van der Waals surface area contributed by atoms with Crippen LogP contribution in [-0.2, 0) is 7.05 Å². The molecule has 1 amide bonds. The van der Waals surface area contributed by atoms with Crippen molar-refractivity contribution < 1.29 is 4.79 Å². The number of hydrogen-bond acceptors (Lipinski definition) is 4. The molecule has 0 aliphatic heterocycles. The van der Waals surface area contributed by atoms with Crippen LogP contribution in [0.3, 0.4) is 0 Å². The quantitative estimate of drug-likeness (QED) is 0.793. The highest BCUT2D eigenvalue weighted by atomic mass is 16.1. The van der Waals surface area contributed by atoms with E-state index in [1.165, 1.54) is 4.57 Å². The Balaban J connectivity index is 1.95. The van der Waals surface area contributed by atoms with Crippen LogP contribution in [0.4, 0.5) is 0 Å². The van der Waals surface area contributed by atoms with Crippen molar-refractivity contribution in [3.63, 3.8) is 0 Å². The molecule has 0 aliphatic carbocycles. The summed E-state index contributed by atoms with van der Waals surface area (Å²) < 4.78 is 1.49. The first-order valence-electron chi connectivity index (χ1n) is 8.17. The van der Waals surface area contributed by atoms with Gasteiger partial charge in [-0.2, -0.15) is 0 Å². The van der Waals surface area contributed by atoms with E-state index >= 15 is 0 Å². The molecule has 3 aromatic rings. The van der Waals surface area contributed by atoms with Gasteiger partial charge in [0, 0.05) is 30.9 Å². The maximum atomic E-state index is 12.6. The normalized spacial score (nSPS) is 11.0. The third kappa shape index (κ3) is 3.42. The van der Waals surface area contributed by atoms with E-state index in [2.05, 4.69) is 15.3 Å². The maximum Gasteiger partial charge on any atom is 0.278 e. The van der Waals surface area contributed by atoms with Crippen molar-refractivity contribution >= 4 is 17.1 Å². The first kappa shape index (κ1) is 16.8. The van der Waals surface area contributed by atoms with Crippen LogP contribution in [0.5, 0.6) is 0 Å². The fraction of sp³-hybridized carbons (Fsp3) is 0.263. The summed E-state index contributed by atoms with van der Waals surface area (Å²) in [6, 6.07) is 10.5. The zero-order chi connectivity index (χ0) is 18.0. The molecule has 3 rings (SSSR count). The lowest BCUT2D eigenvalue weighted by atomic mass is 10.1. The van der Waals surface area contributed by atoms with Crippen molar-refractivity contribution in [1.82, 2.24) is 19.9 Å². The molecule has 0 saturated carbocycles. The molecule has 0 radical (unpaired) electrons. The number of nitrogens with zero attached hydrogens (tertiary/aromatic N) is 3. The average molecular weight is 336 g/mol. The fourth-order valence-corrected chi connectivity index (χ4v) is 2.52. The number of pyridine rings is 1. The zero-order valence-corrected chi connectivity index (χ0v) is 14.5. The molecule has 128 valence electrons. The topological polar surface area (TPSA) is 76.9 Å². The third-order valence-electron chi connectivity index (χ3n) is 3.91. The van der Waals surface area contributed by atoms with Gasteiger partial charge in [-0.25, -0.2) is 9.97 Å². The molecule has 6 heteroatoms. The molecule has 0 bridgehead atoms. The van der Waals surface area contributed by atoms with Crippen molar-refractivity contribution in [1.29, 1.82) is 0 Å². The van der Waals surface area contributed by atoms with Crippen molar-refractivity contribution in [2.45, 2.75) is 13.8 Å². The van der Waals surface area contributed by atoms with Crippen molar-refractivity contribution in [3.05, 3.63) is 58.5 Å². The van der Waals surface area contributed by atoms with E-state index < -0.39 is 0 Å². The van der Waals surface area contributed by atoms with Gasteiger partial charge in [0.2, 0.25) is 0 Å². The highest BCUT2D eigenvalue weighted by molar-refractivity contribution is 5.94. The summed E-state index contributed by atoms with van der Waals surface area (Å²) in [4.78, 5) is 33.3. The summed E-state index contributed by atoms with van der Waals surface area (Å²) in [6.07, 6.45) is 1.63. The molecule has 0 atom stereocenters. The van der Waals surface area contributed by atoms with Gasteiger partial charge in [-0.1, -0.05) is 26.0 Å². The van der Waals surface area contributed by atoms with Gasteiger partial charge < -0.3 is 5.32 Å². The smallest absolute Gasteiger partial charge is 0.278 e. The Kier molecular flexibility index (Phi) is 4.61. The number of hydrogen-bond donors (Lipinski definition) is 1. The zero-order valence-electron chi connectivity index (χ0n) is 14.5. The monoisotopic (exact) mass is 336 g/mol. The number of nitrogens with one attached hydrogen (secondary N) is 1. The molecule has 2 heterocycles. The summed E-state index contributed by atoms with van der Waals surface area (Å²) in [6.45, 7) is 4.71. The highest BCUT2D eigenvalue weighted by Crippen LogP contribution is 2.17. The van der Waals surface area contributed by atoms with Crippen molar-refractivity contribution in [2.24, 2.45) is 13.0 Å². The third-order valence-corrected chi connectivity index (χ3v) is 3.91. The molecule has 2 aromatic heterocycles. The molecule has 0 fully saturated rings. The first-order chi connectivity index (χ1) is 12.0. The van der Waals surface area contributed by atoms with E-state index in [1.54, 1.807) is 43.6 Å². The summed E-state index contributed by atoms with van der Waals surface area (Å²) >= 11 is 0. The molecule has 1 aromatic carbocycles. The lowest BCUT2D eigenvalue weighted by molar-refractivity contribution is 0.0949. The number of aryl methyl sites for hydroxylation is 1. The largest absolute Gasteiger partial charge is 0.352 e. The van der Waals surface area contributed by atoms with Crippen molar-refractivity contribution in [2.75, 3.05) is 6.54 Å². The van der Waals surface area contributed by atoms with Gasteiger partial charge in [0.25, 0.3) is 11.5 Å². The Hall–Kier alpha value is -3.02.